The molecule has 0 fully saturated rings. The van der Waals surface area contributed by atoms with Crippen LogP contribution in [0.2, 0.25) is 0 Å². The minimum atomic E-state index is 0.618. The van der Waals surface area contributed by atoms with Gasteiger partial charge in [-0.2, -0.15) is 0 Å². The van der Waals surface area contributed by atoms with Crippen LogP contribution in [0.25, 0.3) is 251 Å². The van der Waals surface area contributed by atoms with Gasteiger partial charge in [0.1, 0.15) is 11.2 Å². The fourth-order valence-corrected chi connectivity index (χ4v) is 20.1. The van der Waals surface area contributed by atoms with Gasteiger partial charge < -0.3 is 18.1 Å². The first-order chi connectivity index (χ1) is 71.2. The molecule has 0 radical (unpaired) electrons. The van der Waals surface area contributed by atoms with Crippen LogP contribution >= 0.6 is 0 Å². The Bertz CT molecular complexity index is 9190. The van der Waals surface area contributed by atoms with Crippen LogP contribution in [0.3, 0.4) is 0 Å². The van der Waals surface area contributed by atoms with Crippen molar-refractivity contribution < 1.29 is 4.42 Å². The zero-order chi connectivity index (χ0) is 95.9. The highest BCUT2D eigenvalue weighted by atomic mass is 16.3. The molecule has 144 heavy (non-hydrogen) atoms. The molecule has 27 rings (SSSR count). The van der Waals surface area contributed by atoms with Crippen molar-refractivity contribution in [3.8, 4) is 164 Å². The van der Waals surface area contributed by atoms with Crippen molar-refractivity contribution in [1.82, 2.24) is 58.6 Å². The van der Waals surface area contributed by atoms with Gasteiger partial charge >= 0.3 is 0 Å². The molecular weight excluding hydrogens is 1760 g/mol. The number of furan rings is 1. The van der Waals surface area contributed by atoms with Gasteiger partial charge in [0.05, 0.1) is 33.1 Å². The van der Waals surface area contributed by atoms with Gasteiger partial charge in [-0.05, 0) is 197 Å². The van der Waals surface area contributed by atoms with Crippen LogP contribution in [-0.4, -0.2) is 58.6 Å². The largest absolute Gasteiger partial charge is 0.456 e. The van der Waals surface area contributed by atoms with E-state index in [0.29, 0.717) is 52.4 Å². The van der Waals surface area contributed by atoms with E-state index in [1.54, 1.807) is 0 Å². The lowest BCUT2D eigenvalue weighted by molar-refractivity contribution is 0.669. The first-order valence-corrected chi connectivity index (χ1v) is 48.4. The summed E-state index contributed by atoms with van der Waals surface area (Å²) in [5.41, 5.74) is 32.4. The average Bonchev–Trinajstić information content (AvgIpc) is 1.59. The Morgan fingerprint density at radius 3 is 0.722 bits per heavy atom. The molecule has 7 heterocycles. The third kappa shape index (κ3) is 16.6. The second-order valence-electron chi connectivity index (χ2n) is 36.0. The van der Waals surface area contributed by atoms with Crippen LogP contribution in [0.1, 0.15) is 11.1 Å². The molecule has 678 valence electrons. The summed E-state index contributed by atoms with van der Waals surface area (Å²) in [5.74, 6) is 5.81. The predicted molar refractivity (Wildman–Crippen MR) is 590 cm³/mol. The standard InChI is InChI=1S/C51H34N4.C41H30N4.C39H24N4O/c1-4-15-35(16-5-1)41-32-42(36-27-29-44(30-28-36)55-47-25-12-10-23-45(47)46-24-11-13-26-48(46)55)34-43(33-41)39-21-14-22-40(31-39)51-53-49(37-17-6-2-7-18-37)52-50(54-51)38-19-8-3-9-20-38;1-27-25-31(41-43-39(29-13-5-3-6-14-29)42-40(44-41)30-15-7-4-8-16-30)21-23-33(27)34-24-22-32(26-28(34)2)45-37-19-11-9-17-35(37)36-18-10-12-20-38(36)45;1-3-11-25(12-4-1)37-40-38(26-13-5-2-6-14-26)42-39(41-37)27-19-21-35-31(23-27)32-24-28(20-22-36(32)44-35)43-33-17-9-7-15-29(33)30-16-8-10-18-34(30)43/h1-34H;3-26H,1-2H3;1-24H. The zero-order valence-electron chi connectivity index (χ0n) is 78.6. The van der Waals surface area contributed by atoms with E-state index in [1.807, 2.05) is 194 Å². The van der Waals surface area contributed by atoms with Gasteiger partial charge in [-0.25, -0.2) is 44.9 Å². The Balaban J connectivity index is 0.000000114. The molecule has 7 aromatic heterocycles. The summed E-state index contributed by atoms with van der Waals surface area (Å²) in [6.45, 7) is 4.36. The third-order valence-electron chi connectivity index (χ3n) is 27.0. The number of para-hydroxylation sites is 6. The SMILES string of the molecule is Cc1cc(-c2nc(-c3ccccc3)nc(-c3ccccc3)n2)ccc1-c1ccc(-n2c3ccccc3c3ccccc32)cc1C.c1ccc(-c2cc(-c3ccc(-n4c5ccccc5c5ccccc54)cc3)cc(-c3cccc(-c4nc(-c5ccccc5)nc(-c5ccccc5)n4)c3)c2)cc1.c1ccc(-c2nc(-c3ccccc3)nc(-c3ccc4oc5ccc(-n6c7ccccc7c7ccccc76)cc5c4c3)n2)cc1. The molecule has 27 aromatic rings. The molecule has 13 nitrogen and oxygen atoms in total. The van der Waals surface area contributed by atoms with Gasteiger partial charge in [-0.3, -0.25) is 0 Å². The van der Waals surface area contributed by atoms with Gasteiger partial charge in [0.2, 0.25) is 0 Å². The zero-order valence-corrected chi connectivity index (χ0v) is 78.6. The van der Waals surface area contributed by atoms with Crippen LogP contribution in [-0.2, 0) is 0 Å². The highest BCUT2D eigenvalue weighted by molar-refractivity contribution is 6.13. The summed E-state index contributed by atoms with van der Waals surface area (Å²) in [6.07, 6.45) is 0. The van der Waals surface area contributed by atoms with Crippen molar-refractivity contribution >= 4 is 87.4 Å². The molecule has 0 aliphatic heterocycles. The lowest BCUT2D eigenvalue weighted by Gasteiger charge is -2.15. The van der Waals surface area contributed by atoms with Crippen LogP contribution in [0, 0.1) is 13.8 Å². The summed E-state index contributed by atoms with van der Waals surface area (Å²) >= 11 is 0. The van der Waals surface area contributed by atoms with Crippen molar-refractivity contribution in [2.75, 3.05) is 0 Å². The van der Waals surface area contributed by atoms with Gasteiger partial charge in [0.15, 0.2) is 52.4 Å². The molecule has 0 aliphatic rings. The van der Waals surface area contributed by atoms with Gasteiger partial charge in [0.25, 0.3) is 0 Å². The van der Waals surface area contributed by atoms with Crippen molar-refractivity contribution in [1.29, 1.82) is 0 Å². The molecule has 0 bridgehead atoms. The minimum absolute atomic E-state index is 0.618. The van der Waals surface area contributed by atoms with Crippen LogP contribution in [0.4, 0.5) is 0 Å². The maximum atomic E-state index is 6.31. The number of hydrogen-bond acceptors (Lipinski definition) is 10. The third-order valence-corrected chi connectivity index (χ3v) is 27.0. The van der Waals surface area contributed by atoms with Crippen molar-refractivity contribution in [3.63, 3.8) is 0 Å². The van der Waals surface area contributed by atoms with E-state index in [0.717, 1.165) is 117 Å². The first-order valence-electron chi connectivity index (χ1n) is 48.4. The minimum Gasteiger partial charge on any atom is -0.456 e. The van der Waals surface area contributed by atoms with E-state index >= 15 is 0 Å². The number of aromatic nitrogens is 12. The monoisotopic (exact) mass is 1840 g/mol. The van der Waals surface area contributed by atoms with Crippen LogP contribution in [0.5, 0.6) is 0 Å². The second-order valence-corrected chi connectivity index (χ2v) is 36.0. The fourth-order valence-electron chi connectivity index (χ4n) is 20.1. The normalized spacial score (nSPS) is 11.4. The van der Waals surface area contributed by atoms with E-state index < -0.39 is 0 Å². The summed E-state index contributed by atoms with van der Waals surface area (Å²) in [5, 5.41) is 9.59. The molecule has 0 aliphatic carbocycles. The first kappa shape index (κ1) is 86.2. The number of fused-ring (bicyclic) bond motifs is 12. The fraction of sp³-hybridized carbons (Fsp3) is 0.0153. The van der Waals surface area contributed by atoms with Crippen LogP contribution < -0.4 is 0 Å². The number of hydrogen-bond donors (Lipinski definition) is 0. The summed E-state index contributed by atoms with van der Waals surface area (Å²) in [6, 6.07) is 173. The van der Waals surface area contributed by atoms with Gasteiger partial charge in [0, 0.05) is 110 Å². The van der Waals surface area contributed by atoms with E-state index in [9.17, 15) is 0 Å². The highest BCUT2D eigenvalue weighted by Gasteiger charge is 2.24. The molecule has 0 saturated heterocycles. The van der Waals surface area contributed by atoms with Crippen LogP contribution in [0.15, 0.2) is 502 Å². The Morgan fingerprint density at radius 1 is 0.146 bits per heavy atom. The molecule has 0 amide bonds. The second kappa shape index (κ2) is 37.5. The quantitative estimate of drug-likeness (QED) is 0.0917. The molecular formula is C131H88N12O. The maximum absolute atomic E-state index is 6.31. The van der Waals surface area contributed by atoms with E-state index in [2.05, 4.69) is 331 Å². The van der Waals surface area contributed by atoms with Crippen molar-refractivity contribution in [3.05, 3.63) is 509 Å². The Hall–Kier alpha value is -19.4. The molecule has 0 N–H and O–H groups in total. The smallest absolute Gasteiger partial charge is 0.164 e. The molecule has 20 aromatic carbocycles. The average molecular weight is 1850 g/mol. The summed E-state index contributed by atoms with van der Waals surface area (Å²) in [7, 11) is 0. The van der Waals surface area contributed by atoms with E-state index in [1.165, 1.54) is 93.2 Å². The Kier molecular flexibility index (Phi) is 22.5. The van der Waals surface area contributed by atoms with E-state index in [-0.39, 0.29) is 0 Å². The number of aryl methyl sites for hydroxylation is 2. The van der Waals surface area contributed by atoms with Crippen molar-refractivity contribution in [2.24, 2.45) is 0 Å². The van der Waals surface area contributed by atoms with E-state index in [4.69, 9.17) is 49.3 Å². The summed E-state index contributed by atoms with van der Waals surface area (Å²) < 4.78 is 13.4. The lowest BCUT2D eigenvalue weighted by atomic mass is 9.92. The molecule has 0 spiro atoms. The van der Waals surface area contributed by atoms with Gasteiger partial charge in [-0.1, -0.05) is 370 Å². The Labute approximate surface area is 831 Å². The maximum Gasteiger partial charge on any atom is 0.164 e. The highest BCUT2D eigenvalue weighted by Crippen LogP contribution is 2.43. The number of benzene rings is 20. The molecule has 0 atom stereocenters. The molecule has 13 heteroatoms. The lowest BCUT2D eigenvalue weighted by Crippen LogP contribution is -2.00. The number of rotatable bonds is 16. The Morgan fingerprint density at radius 2 is 0.368 bits per heavy atom. The molecule has 0 saturated carbocycles. The predicted octanol–water partition coefficient (Wildman–Crippen LogP) is 33.1. The van der Waals surface area contributed by atoms with Gasteiger partial charge in [-0.15, -0.1) is 0 Å². The summed E-state index contributed by atoms with van der Waals surface area (Å²) in [4.78, 5) is 44.3. The van der Waals surface area contributed by atoms with Crippen molar-refractivity contribution in [2.45, 2.75) is 13.8 Å². The topological polar surface area (TPSA) is 144 Å². The molecule has 0 unspecified atom stereocenters. The number of nitrogens with zero attached hydrogens (tertiary/aromatic N) is 12.